The molecule has 0 fully saturated rings. The maximum atomic E-state index is 12.4. The molecule has 180 valence electrons. The van der Waals surface area contributed by atoms with Crippen LogP contribution >= 0.6 is 0 Å². The monoisotopic (exact) mass is 469 g/mol. The summed E-state index contributed by atoms with van der Waals surface area (Å²) in [6.07, 6.45) is -2.10. The molecule has 0 saturated carbocycles. The van der Waals surface area contributed by atoms with Crippen molar-refractivity contribution < 1.29 is 34.1 Å². The van der Waals surface area contributed by atoms with E-state index in [1.54, 1.807) is 0 Å². The number of carboxylic acids is 1. The van der Waals surface area contributed by atoms with Crippen LogP contribution in [0.15, 0.2) is 48.5 Å². The predicted molar refractivity (Wildman–Crippen MR) is 122 cm³/mol. The molecule has 3 rings (SSSR count). The lowest BCUT2D eigenvalue weighted by molar-refractivity contribution is -0.139. The van der Waals surface area contributed by atoms with Gasteiger partial charge in [-0.15, -0.1) is 0 Å². The first-order valence-electron chi connectivity index (χ1n) is 10.8. The Morgan fingerprint density at radius 1 is 0.912 bits per heavy atom. The van der Waals surface area contributed by atoms with Crippen molar-refractivity contribution in [3.63, 3.8) is 0 Å². The summed E-state index contributed by atoms with van der Waals surface area (Å²) in [5.41, 5.74) is 4.28. The highest BCUT2D eigenvalue weighted by Gasteiger charge is 2.30. The second-order valence-electron chi connectivity index (χ2n) is 8.03. The molecule has 0 aromatic heterocycles. The molecule has 5 N–H and O–H groups in total. The molecular weight excluding hydrogens is 442 g/mol. The number of aliphatic hydroxyl groups excluding tert-OH is 1. The number of hydrogen-bond donors (Lipinski definition) is 5. The summed E-state index contributed by atoms with van der Waals surface area (Å²) in [6.45, 7) is 2.08. The van der Waals surface area contributed by atoms with E-state index in [-0.39, 0.29) is 12.5 Å². The summed E-state index contributed by atoms with van der Waals surface area (Å²) >= 11 is 0. The molecule has 2 aromatic carbocycles. The van der Waals surface area contributed by atoms with Crippen molar-refractivity contribution in [2.45, 2.75) is 38.0 Å². The first kappa shape index (κ1) is 24.7. The molecule has 0 saturated heterocycles. The van der Waals surface area contributed by atoms with E-state index in [1.807, 2.05) is 48.5 Å². The van der Waals surface area contributed by atoms with Crippen molar-refractivity contribution in [1.82, 2.24) is 16.0 Å². The zero-order valence-corrected chi connectivity index (χ0v) is 18.8. The van der Waals surface area contributed by atoms with E-state index in [1.165, 1.54) is 13.8 Å². The van der Waals surface area contributed by atoms with Gasteiger partial charge in [-0.1, -0.05) is 48.5 Å². The average molecular weight is 469 g/mol. The average Bonchev–Trinajstić information content (AvgIpc) is 3.13. The molecule has 1 aliphatic rings. The van der Waals surface area contributed by atoms with Gasteiger partial charge < -0.3 is 30.9 Å². The molecule has 0 heterocycles. The SMILES string of the molecule is C[C@H](NC(=O)OCC1c2ccccc2-c2ccccc21)C(=O)N[C@H](C(=O)NCC(=O)O)[C@@H](C)O. The molecule has 3 atom stereocenters. The summed E-state index contributed by atoms with van der Waals surface area (Å²) in [7, 11) is 0. The van der Waals surface area contributed by atoms with E-state index in [2.05, 4.69) is 16.0 Å². The summed E-state index contributed by atoms with van der Waals surface area (Å²) in [4.78, 5) is 47.5. The predicted octanol–water partition coefficient (Wildman–Crippen LogP) is 0.980. The van der Waals surface area contributed by atoms with Crippen LogP contribution in [-0.4, -0.2) is 65.4 Å². The number of amides is 3. The van der Waals surface area contributed by atoms with Crippen LogP contribution in [0, 0.1) is 0 Å². The Morgan fingerprint density at radius 2 is 1.47 bits per heavy atom. The van der Waals surface area contributed by atoms with E-state index in [0.29, 0.717) is 0 Å². The molecular formula is C24H27N3O7. The Labute approximate surface area is 196 Å². The van der Waals surface area contributed by atoms with Gasteiger partial charge in [-0.05, 0) is 36.1 Å². The van der Waals surface area contributed by atoms with E-state index in [4.69, 9.17) is 9.84 Å². The molecule has 10 nitrogen and oxygen atoms in total. The lowest BCUT2D eigenvalue weighted by Gasteiger charge is -2.23. The van der Waals surface area contributed by atoms with Gasteiger partial charge in [-0.3, -0.25) is 14.4 Å². The van der Waals surface area contributed by atoms with Crippen molar-refractivity contribution >= 4 is 23.9 Å². The second kappa shape index (κ2) is 10.8. The van der Waals surface area contributed by atoms with Gasteiger partial charge in [0.25, 0.3) is 0 Å². The fraction of sp³-hybridized carbons (Fsp3) is 0.333. The van der Waals surface area contributed by atoms with Crippen LogP contribution in [0.2, 0.25) is 0 Å². The summed E-state index contributed by atoms with van der Waals surface area (Å²) in [5.74, 6) is -3.02. The van der Waals surface area contributed by atoms with Crippen LogP contribution in [0.5, 0.6) is 0 Å². The Morgan fingerprint density at radius 3 is 2.00 bits per heavy atom. The van der Waals surface area contributed by atoms with Crippen molar-refractivity contribution in [1.29, 1.82) is 0 Å². The van der Waals surface area contributed by atoms with Gasteiger partial charge in [0, 0.05) is 5.92 Å². The highest BCUT2D eigenvalue weighted by Crippen LogP contribution is 2.44. The first-order valence-corrected chi connectivity index (χ1v) is 10.8. The van der Waals surface area contributed by atoms with Crippen LogP contribution < -0.4 is 16.0 Å². The number of carboxylic acid groups (broad SMARTS) is 1. The summed E-state index contributed by atoms with van der Waals surface area (Å²) in [5, 5.41) is 25.3. The zero-order valence-electron chi connectivity index (χ0n) is 18.8. The van der Waals surface area contributed by atoms with E-state index >= 15 is 0 Å². The number of ether oxygens (including phenoxy) is 1. The number of fused-ring (bicyclic) bond motifs is 3. The van der Waals surface area contributed by atoms with Crippen molar-refractivity contribution in [2.75, 3.05) is 13.2 Å². The second-order valence-corrected chi connectivity index (χ2v) is 8.03. The van der Waals surface area contributed by atoms with E-state index in [9.17, 15) is 24.3 Å². The van der Waals surface area contributed by atoms with Gasteiger partial charge in [-0.2, -0.15) is 0 Å². The smallest absolute Gasteiger partial charge is 0.407 e. The number of alkyl carbamates (subject to hydrolysis) is 1. The number of carbonyl (C=O) groups excluding carboxylic acids is 3. The number of benzene rings is 2. The van der Waals surface area contributed by atoms with Crippen molar-refractivity contribution in [3.05, 3.63) is 59.7 Å². The molecule has 0 aliphatic heterocycles. The zero-order chi connectivity index (χ0) is 24.8. The molecule has 2 aromatic rings. The van der Waals surface area contributed by atoms with Gasteiger partial charge in [0.2, 0.25) is 11.8 Å². The van der Waals surface area contributed by atoms with Gasteiger partial charge in [0.05, 0.1) is 6.10 Å². The van der Waals surface area contributed by atoms with Crippen LogP contribution in [0.4, 0.5) is 4.79 Å². The molecule has 10 heteroatoms. The highest BCUT2D eigenvalue weighted by molar-refractivity contribution is 5.92. The molecule has 3 amide bonds. The fourth-order valence-electron chi connectivity index (χ4n) is 3.84. The Balaban J connectivity index is 1.56. The summed E-state index contributed by atoms with van der Waals surface area (Å²) < 4.78 is 5.40. The van der Waals surface area contributed by atoms with Crippen LogP contribution in [0.25, 0.3) is 11.1 Å². The van der Waals surface area contributed by atoms with Gasteiger partial charge >= 0.3 is 12.1 Å². The largest absolute Gasteiger partial charge is 0.480 e. The molecule has 0 radical (unpaired) electrons. The Kier molecular flexibility index (Phi) is 7.85. The number of carbonyl (C=O) groups is 4. The highest BCUT2D eigenvalue weighted by atomic mass is 16.5. The Hall–Kier alpha value is -3.92. The lowest BCUT2D eigenvalue weighted by Crippen LogP contribution is -2.57. The van der Waals surface area contributed by atoms with Gasteiger partial charge in [0.1, 0.15) is 25.2 Å². The summed E-state index contributed by atoms with van der Waals surface area (Å²) in [6, 6.07) is 13.3. The number of rotatable bonds is 9. The van der Waals surface area contributed by atoms with Crippen molar-refractivity contribution in [3.8, 4) is 11.1 Å². The standard InChI is InChI=1S/C24H27N3O7/c1-13(22(31)27-21(14(2)28)23(32)25-11-20(29)30)26-24(33)34-12-19-17-9-5-3-7-15(17)16-8-4-6-10-18(16)19/h3-10,13-14,19,21,28H,11-12H2,1-2H3,(H,25,32)(H,26,33)(H,27,31)(H,29,30)/t13-,14+,21-/m0/s1. The number of nitrogens with one attached hydrogen (secondary N) is 3. The third-order valence-electron chi connectivity index (χ3n) is 5.55. The fourth-order valence-corrected chi connectivity index (χ4v) is 3.84. The lowest BCUT2D eigenvalue weighted by atomic mass is 9.98. The van der Waals surface area contributed by atoms with Crippen LogP contribution in [0.3, 0.4) is 0 Å². The minimum absolute atomic E-state index is 0.0715. The molecule has 0 spiro atoms. The maximum Gasteiger partial charge on any atom is 0.407 e. The third kappa shape index (κ3) is 5.70. The number of hydrogen-bond acceptors (Lipinski definition) is 6. The Bertz CT molecular complexity index is 1040. The molecule has 1 aliphatic carbocycles. The quantitative estimate of drug-likeness (QED) is 0.367. The van der Waals surface area contributed by atoms with E-state index in [0.717, 1.165) is 22.3 Å². The maximum absolute atomic E-state index is 12.4. The van der Waals surface area contributed by atoms with Crippen molar-refractivity contribution in [2.24, 2.45) is 0 Å². The van der Waals surface area contributed by atoms with Gasteiger partial charge in [0.15, 0.2) is 0 Å². The van der Waals surface area contributed by atoms with Crippen LogP contribution in [-0.2, 0) is 19.1 Å². The molecule has 34 heavy (non-hydrogen) atoms. The minimum atomic E-state index is -1.39. The van der Waals surface area contributed by atoms with Crippen LogP contribution in [0.1, 0.15) is 30.9 Å². The van der Waals surface area contributed by atoms with E-state index < -0.39 is 48.6 Å². The van der Waals surface area contributed by atoms with Gasteiger partial charge in [-0.25, -0.2) is 4.79 Å². The topological polar surface area (TPSA) is 154 Å². The normalized spacial score (nSPS) is 14.7. The number of aliphatic hydroxyl groups is 1. The first-order chi connectivity index (χ1) is 16.2. The molecule has 0 bridgehead atoms. The number of aliphatic carboxylic acids is 1. The third-order valence-corrected chi connectivity index (χ3v) is 5.55. The minimum Gasteiger partial charge on any atom is -0.480 e. The molecule has 0 unspecified atom stereocenters.